The van der Waals surface area contributed by atoms with E-state index >= 15 is 0 Å². The zero-order valence-electron chi connectivity index (χ0n) is 11.4. The van der Waals surface area contributed by atoms with Gasteiger partial charge in [-0.3, -0.25) is 9.59 Å². The Kier molecular flexibility index (Phi) is 4.36. The molecule has 21 heavy (non-hydrogen) atoms. The normalized spacial score (nSPS) is 21.4. The Hall–Kier alpha value is -0.880. The quantitative estimate of drug-likeness (QED) is 0.824. The summed E-state index contributed by atoms with van der Waals surface area (Å²) in [7, 11) is 0. The first-order valence-corrected chi connectivity index (χ1v) is 8.70. The summed E-state index contributed by atoms with van der Waals surface area (Å²) in [6.07, 6.45) is 3.75. The van der Waals surface area contributed by atoms with Crippen LogP contribution in [0.4, 0.5) is 0 Å². The predicted molar refractivity (Wildman–Crippen MR) is 87.1 cm³/mol. The molecular formula is C15H16Br2N2O2. The molecule has 112 valence electrons. The third-order valence-corrected chi connectivity index (χ3v) is 4.77. The van der Waals surface area contributed by atoms with Crippen molar-refractivity contribution in [1.82, 2.24) is 10.2 Å². The molecule has 1 saturated carbocycles. The highest BCUT2D eigenvalue weighted by atomic mass is 79.9. The van der Waals surface area contributed by atoms with Crippen LogP contribution in [0.5, 0.6) is 0 Å². The molecule has 1 aliphatic carbocycles. The van der Waals surface area contributed by atoms with Crippen LogP contribution in [0, 0.1) is 0 Å². The predicted octanol–water partition coefficient (Wildman–Crippen LogP) is 3.09. The number of halogens is 2. The molecule has 1 aromatic rings. The van der Waals surface area contributed by atoms with Gasteiger partial charge in [0.15, 0.2) is 0 Å². The maximum Gasteiger partial charge on any atom is 0.254 e. The molecule has 1 heterocycles. The molecule has 1 saturated heterocycles. The molecule has 0 aromatic heterocycles. The largest absolute Gasteiger partial charge is 0.352 e. The molecule has 1 atom stereocenters. The molecular weight excluding hydrogens is 400 g/mol. The van der Waals surface area contributed by atoms with Crippen LogP contribution in [0.3, 0.4) is 0 Å². The number of nitrogens with zero attached hydrogens (tertiary/aromatic N) is 1. The van der Waals surface area contributed by atoms with Gasteiger partial charge in [0.2, 0.25) is 5.91 Å². The molecule has 6 heteroatoms. The van der Waals surface area contributed by atoms with E-state index in [4.69, 9.17) is 0 Å². The van der Waals surface area contributed by atoms with Crippen molar-refractivity contribution < 1.29 is 9.59 Å². The third kappa shape index (κ3) is 3.48. The summed E-state index contributed by atoms with van der Waals surface area (Å²) in [6.45, 7) is 0.645. The van der Waals surface area contributed by atoms with E-state index in [1.807, 2.05) is 6.07 Å². The molecule has 2 fully saturated rings. The summed E-state index contributed by atoms with van der Waals surface area (Å²) in [4.78, 5) is 26.6. The van der Waals surface area contributed by atoms with Gasteiger partial charge in [-0.25, -0.2) is 0 Å². The Balaban J connectivity index is 1.77. The van der Waals surface area contributed by atoms with Gasteiger partial charge in [0.1, 0.15) is 6.04 Å². The molecule has 1 aromatic carbocycles. The van der Waals surface area contributed by atoms with Gasteiger partial charge in [0, 0.05) is 27.1 Å². The van der Waals surface area contributed by atoms with E-state index < -0.39 is 0 Å². The van der Waals surface area contributed by atoms with E-state index in [2.05, 4.69) is 37.2 Å². The minimum absolute atomic E-state index is 0.00240. The Bertz CT molecular complexity index is 567. The summed E-state index contributed by atoms with van der Waals surface area (Å²) in [6, 6.07) is 5.48. The van der Waals surface area contributed by atoms with Gasteiger partial charge in [0.25, 0.3) is 5.91 Å². The first-order chi connectivity index (χ1) is 10.0. The fraction of sp³-hybridized carbons (Fsp3) is 0.467. The zero-order valence-corrected chi connectivity index (χ0v) is 14.6. The second kappa shape index (κ2) is 6.08. The standard InChI is InChI=1S/C15H16Br2N2O2/c16-10-6-9(7-11(17)8-10)15(21)19-5-1-2-13(19)14(20)18-12-3-4-12/h6-8,12-13H,1-5H2,(H,18,20). The summed E-state index contributed by atoms with van der Waals surface area (Å²) in [5.74, 6) is -0.0807. The molecule has 2 aliphatic rings. The van der Waals surface area contributed by atoms with Crippen molar-refractivity contribution in [3.05, 3.63) is 32.7 Å². The van der Waals surface area contributed by atoms with Crippen LogP contribution in [-0.2, 0) is 4.79 Å². The van der Waals surface area contributed by atoms with Crippen molar-refractivity contribution in [2.24, 2.45) is 0 Å². The van der Waals surface area contributed by atoms with E-state index in [0.29, 0.717) is 18.2 Å². The summed E-state index contributed by atoms with van der Waals surface area (Å²) >= 11 is 6.79. The monoisotopic (exact) mass is 414 g/mol. The number of nitrogens with one attached hydrogen (secondary N) is 1. The highest BCUT2D eigenvalue weighted by molar-refractivity contribution is 9.11. The smallest absolute Gasteiger partial charge is 0.254 e. The van der Waals surface area contributed by atoms with Gasteiger partial charge in [-0.05, 0) is 43.9 Å². The average molecular weight is 416 g/mol. The van der Waals surface area contributed by atoms with Crippen LogP contribution in [0.2, 0.25) is 0 Å². The van der Waals surface area contributed by atoms with Crippen LogP contribution in [0.15, 0.2) is 27.1 Å². The van der Waals surface area contributed by atoms with Gasteiger partial charge in [-0.1, -0.05) is 31.9 Å². The van der Waals surface area contributed by atoms with E-state index in [-0.39, 0.29) is 17.9 Å². The fourth-order valence-corrected chi connectivity index (χ4v) is 3.94. The van der Waals surface area contributed by atoms with Crippen LogP contribution in [0.1, 0.15) is 36.0 Å². The molecule has 1 N–H and O–H groups in total. The number of benzene rings is 1. The van der Waals surface area contributed by atoms with Gasteiger partial charge < -0.3 is 10.2 Å². The molecule has 1 aliphatic heterocycles. The van der Waals surface area contributed by atoms with Gasteiger partial charge in [-0.2, -0.15) is 0 Å². The first kappa shape index (κ1) is 15.0. The molecule has 3 rings (SSSR count). The van der Waals surface area contributed by atoms with Crippen LogP contribution in [0.25, 0.3) is 0 Å². The Morgan fingerprint density at radius 1 is 1.10 bits per heavy atom. The Morgan fingerprint density at radius 2 is 1.76 bits per heavy atom. The lowest BCUT2D eigenvalue weighted by atomic mass is 10.1. The number of rotatable bonds is 3. The summed E-state index contributed by atoms with van der Waals surface area (Å²) in [5.41, 5.74) is 0.599. The van der Waals surface area contributed by atoms with Crippen LogP contribution in [-0.4, -0.2) is 35.3 Å². The van der Waals surface area contributed by atoms with E-state index in [1.165, 1.54) is 0 Å². The maximum absolute atomic E-state index is 12.7. The first-order valence-electron chi connectivity index (χ1n) is 7.12. The molecule has 2 amide bonds. The van der Waals surface area contributed by atoms with E-state index in [9.17, 15) is 9.59 Å². The molecule has 0 radical (unpaired) electrons. The minimum atomic E-state index is -0.323. The second-order valence-electron chi connectivity index (χ2n) is 5.60. The molecule has 4 nitrogen and oxygen atoms in total. The van der Waals surface area contributed by atoms with Gasteiger partial charge in [-0.15, -0.1) is 0 Å². The summed E-state index contributed by atoms with van der Waals surface area (Å²) in [5, 5.41) is 3.00. The number of likely N-dealkylation sites (tertiary alicyclic amines) is 1. The SMILES string of the molecule is O=C(NC1CC1)C1CCCN1C(=O)c1cc(Br)cc(Br)c1. The van der Waals surface area contributed by atoms with Crippen molar-refractivity contribution in [3.63, 3.8) is 0 Å². The van der Waals surface area contributed by atoms with Crippen molar-refractivity contribution in [3.8, 4) is 0 Å². The number of carbonyl (C=O) groups is 2. The lowest BCUT2D eigenvalue weighted by molar-refractivity contribution is -0.125. The highest BCUT2D eigenvalue weighted by Crippen LogP contribution is 2.26. The van der Waals surface area contributed by atoms with Gasteiger partial charge >= 0.3 is 0 Å². The molecule has 0 bridgehead atoms. The minimum Gasteiger partial charge on any atom is -0.352 e. The van der Waals surface area contributed by atoms with Gasteiger partial charge in [0.05, 0.1) is 0 Å². The number of hydrogen-bond donors (Lipinski definition) is 1. The van der Waals surface area contributed by atoms with Crippen molar-refractivity contribution in [1.29, 1.82) is 0 Å². The molecule has 0 spiro atoms. The zero-order chi connectivity index (χ0) is 15.0. The second-order valence-corrected chi connectivity index (χ2v) is 7.43. The van der Waals surface area contributed by atoms with E-state index in [1.54, 1.807) is 17.0 Å². The lowest BCUT2D eigenvalue weighted by Crippen LogP contribution is -2.46. The van der Waals surface area contributed by atoms with Crippen molar-refractivity contribution in [2.45, 2.75) is 37.8 Å². The van der Waals surface area contributed by atoms with E-state index in [0.717, 1.165) is 34.6 Å². The maximum atomic E-state index is 12.7. The number of carbonyl (C=O) groups excluding carboxylic acids is 2. The number of amides is 2. The van der Waals surface area contributed by atoms with Crippen LogP contribution >= 0.6 is 31.9 Å². The Labute approximate surface area is 140 Å². The molecule has 1 unspecified atom stereocenters. The highest BCUT2D eigenvalue weighted by Gasteiger charge is 2.36. The average Bonchev–Trinajstić information content (AvgIpc) is 3.09. The number of hydrogen-bond acceptors (Lipinski definition) is 2. The lowest BCUT2D eigenvalue weighted by Gasteiger charge is -2.24. The summed E-state index contributed by atoms with van der Waals surface area (Å²) < 4.78 is 1.69. The van der Waals surface area contributed by atoms with Crippen LogP contribution < -0.4 is 5.32 Å². The van der Waals surface area contributed by atoms with Crippen molar-refractivity contribution >= 4 is 43.7 Å². The topological polar surface area (TPSA) is 49.4 Å². The third-order valence-electron chi connectivity index (χ3n) is 3.85. The van der Waals surface area contributed by atoms with Crippen molar-refractivity contribution in [2.75, 3.05) is 6.54 Å². The fourth-order valence-electron chi connectivity index (χ4n) is 2.65. The Morgan fingerprint density at radius 3 is 2.38 bits per heavy atom.